The molecule has 7 N–H and O–H groups in total. The van der Waals surface area contributed by atoms with E-state index in [0.29, 0.717) is 24.3 Å². The second-order valence-electron chi connectivity index (χ2n) is 16.5. The van der Waals surface area contributed by atoms with Gasteiger partial charge in [0, 0.05) is 56.4 Å². The van der Waals surface area contributed by atoms with Gasteiger partial charge in [0.1, 0.15) is 30.2 Å². The van der Waals surface area contributed by atoms with E-state index < -0.39 is 43.2 Å². The molecule has 0 saturated carbocycles. The lowest BCUT2D eigenvalue weighted by Gasteiger charge is -2.40. The lowest BCUT2D eigenvalue weighted by atomic mass is 9.86. The highest BCUT2D eigenvalue weighted by atomic mass is 127. The van der Waals surface area contributed by atoms with Crippen molar-refractivity contribution in [1.82, 2.24) is 10.6 Å². The highest BCUT2D eigenvalue weighted by Gasteiger charge is 2.45. The number of hydrogen-bond acceptors (Lipinski definition) is 12. The molecule has 1 aromatic rings. The van der Waals surface area contributed by atoms with Gasteiger partial charge in [-0.1, -0.05) is 26.0 Å². The van der Waals surface area contributed by atoms with Gasteiger partial charge in [-0.25, -0.2) is 15.0 Å². The van der Waals surface area contributed by atoms with Gasteiger partial charge in [-0.15, -0.1) is 0 Å². The molecule has 316 valence electrons. The molecular formula is C46H52IN5O8. The fraction of sp³-hybridized carbons (Fsp3) is 0.435. The van der Waals surface area contributed by atoms with Gasteiger partial charge in [0.2, 0.25) is 5.91 Å². The Morgan fingerprint density at radius 1 is 1.02 bits per heavy atom. The first kappa shape index (κ1) is 42.4. The Labute approximate surface area is 363 Å². The molecule has 7 aliphatic rings. The highest BCUT2D eigenvalue weighted by Crippen LogP contribution is 2.46. The average Bonchev–Trinajstić information content (AvgIpc) is 3.98. The normalized spacial score (nSPS) is 29.1. The monoisotopic (exact) mass is 929 g/mol. The summed E-state index contributed by atoms with van der Waals surface area (Å²) in [6.07, 6.45) is 0.0961. The number of allylic oxidation sites excluding steroid dienone is 11. The van der Waals surface area contributed by atoms with Crippen molar-refractivity contribution in [2.75, 3.05) is 6.61 Å². The zero-order chi connectivity index (χ0) is 42.7. The molecule has 1 aromatic carbocycles. The van der Waals surface area contributed by atoms with Gasteiger partial charge in [-0.05, 0) is 121 Å². The van der Waals surface area contributed by atoms with Crippen molar-refractivity contribution in [3.05, 3.63) is 125 Å². The quantitative estimate of drug-likeness (QED) is 0.147. The number of nitrogens with one attached hydrogen (secondary N) is 2. The summed E-state index contributed by atoms with van der Waals surface area (Å²) in [5.41, 5.74) is 14.1. The SMILES string of the molecule is CCC1=C(C)C2=NC1=CC1=C(C)C3=C(O)CC(=C4NC(=CC5=NC(=C2)C(C(C)OCc2cccc(I)c2)=C5C)[C@@H](C)[C@@H]4CCC(=O)N[C@@H]2O[C@H](CO)[C@H](O)[C@H](O)[C@H]2O)C3=N1. The summed E-state index contributed by atoms with van der Waals surface area (Å²) < 4.78 is 13.2. The van der Waals surface area contributed by atoms with E-state index in [1.165, 1.54) is 0 Å². The summed E-state index contributed by atoms with van der Waals surface area (Å²) in [5, 5.41) is 58.6. The first-order valence-corrected chi connectivity index (χ1v) is 21.7. The number of aliphatic hydroxyl groups is 5. The van der Waals surface area contributed by atoms with E-state index >= 15 is 0 Å². The van der Waals surface area contributed by atoms with Crippen molar-refractivity contribution in [2.45, 2.75) is 111 Å². The summed E-state index contributed by atoms with van der Waals surface area (Å²) in [6.45, 7) is 12.3. The zero-order valence-electron chi connectivity index (χ0n) is 34.6. The Hall–Kier alpha value is -4.29. The van der Waals surface area contributed by atoms with E-state index in [1.807, 2.05) is 19.1 Å². The van der Waals surface area contributed by atoms with Crippen LogP contribution in [0.15, 0.2) is 131 Å². The average molecular weight is 930 g/mol. The molecule has 2 saturated heterocycles. The maximum Gasteiger partial charge on any atom is 0.222 e. The number of aliphatic hydroxyl groups excluding tert-OH is 5. The van der Waals surface area contributed by atoms with Crippen LogP contribution in [0.2, 0.25) is 0 Å². The van der Waals surface area contributed by atoms with Crippen molar-refractivity contribution in [3.8, 4) is 0 Å². The molecule has 8 atom stereocenters. The molecule has 6 heterocycles. The van der Waals surface area contributed by atoms with Crippen LogP contribution in [0.1, 0.15) is 72.8 Å². The minimum atomic E-state index is -1.61. The van der Waals surface area contributed by atoms with Crippen molar-refractivity contribution < 1.29 is 39.8 Å². The van der Waals surface area contributed by atoms with E-state index in [0.717, 1.165) is 88.9 Å². The fourth-order valence-electron chi connectivity index (χ4n) is 9.31. The van der Waals surface area contributed by atoms with Crippen LogP contribution in [0.4, 0.5) is 0 Å². The summed E-state index contributed by atoms with van der Waals surface area (Å²) in [5.74, 6) is -0.530. The van der Waals surface area contributed by atoms with Crippen molar-refractivity contribution in [3.63, 3.8) is 0 Å². The third-order valence-electron chi connectivity index (χ3n) is 12.8. The van der Waals surface area contributed by atoms with Crippen molar-refractivity contribution >= 4 is 45.6 Å². The summed E-state index contributed by atoms with van der Waals surface area (Å²) >= 11 is 2.31. The minimum absolute atomic E-state index is 0.0287. The second kappa shape index (κ2) is 16.9. The highest BCUT2D eigenvalue weighted by molar-refractivity contribution is 14.1. The van der Waals surface area contributed by atoms with E-state index in [9.17, 15) is 30.3 Å². The molecule has 8 bridgehead atoms. The molecule has 0 aromatic heterocycles. The standard InChI is InChI=1S/C46H52IN5O8/c1-7-27-20(2)30-17-35-39(24(6)59-19-25-9-8-10-26(47)13-25)22(4)32(49-35)15-31-21(3)28(11-12-38(55)52-46-45(58)44(57)43(56)37(18-53)60-46)41(50-31)29-14-36(54)40-23(5)33(51-42(29)40)16-34(27)48-30/h8-10,13,15-17,21,24,28,37,43-46,50,53-54,56-58H,7,11-12,14,18-19H2,1-6H3,(H,52,55)/t21-,24?,28-,37+,43-,44-,45+,46+/m0/s1. The van der Waals surface area contributed by atoms with Crippen LogP contribution in [0, 0.1) is 15.4 Å². The summed E-state index contributed by atoms with van der Waals surface area (Å²) in [4.78, 5) is 29.1. The van der Waals surface area contributed by atoms with Crippen LogP contribution in [0.25, 0.3) is 0 Å². The Morgan fingerprint density at radius 3 is 2.50 bits per heavy atom. The molecule has 1 amide bonds. The van der Waals surface area contributed by atoms with Gasteiger partial charge < -0.3 is 45.6 Å². The van der Waals surface area contributed by atoms with E-state index in [2.05, 4.69) is 98.2 Å². The van der Waals surface area contributed by atoms with Crippen LogP contribution < -0.4 is 10.6 Å². The minimum Gasteiger partial charge on any atom is -0.511 e. The number of carbonyl (C=O) groups is 1. The predicted octanol–water partition coefficient (Wildman–Crippen LogP) is 5.56. The van der Waals surface area contributed by atoms with Crippen LogP contribution >= 0.6 is 22.6 Å². The topological polar surface area (TPSA) is 198 Å². The Balaban J connectivity index is 1.18. The second-order valence-corrected chi connectivity index (χ2v) is 17.7. The largest absolute Gasteiger partial charge is 0.511 e. The number of fused-ring (bicyclic) bond motifs is 5. The van der Waals surface area contributed by atoms with Crippen LogP contribution in [0.5, 0.6) is 0 Å². The molecule has 14 heteroatoms. The molecule has 60 heavy (non-hydrogen) atoms. The first-order chi connectivity index (χ1) is 28.7. The molecule has 2 fully saturated rings. The van der Waals surface area contributed by atoms with Gasteiger partial charge >= 0.3 is 0 Å². The number of hydrogen-bond donors (Lipinski definition) is 7. The van der Waals surface area contributed by atoms with Gasteiger partial charge in [0.25, 0.3) is 0 Å². The van der Waals surface area contributed by atoms with Crippen molar-refractivity contribution in [2.24, 2.45) is 26.8 Å². The van der Waals surface area contributed by atoms with Crippen LogP contribution in [-0.4, -0.2) is 91.9 Å². The molecule has 1 aliphatic carbocycles. The number of ether oxygens (including phenoxy) is 2. The number of carbonyl (C=O) groups excluding carboxylic acids is 1. The molecule has 1 unspecified atom stereocenters. The maximum absolute atomic E-state index is 13.5. The zero-order valence-corrected chi connectivity index (χ0v) is 36.7. The smallest absolute Gasteiger partial charge is 0.222 e. The number of nitrogens with zero attached hydrogens (tertiary/aromatic N) is 3. The third kappa shape index (κ3) is 7.65. The lowest BCUT2D eigenvalue weighted by molar-refractivity contribution is -0.236. The van der Waals surface area contributed by atoms with Crippen LogP contribution in [0.3, 0.4) is 0 Å². The maximum atomic E-state index is 13.5. The predicted molar refractivity (Wildman–Crippen MR) is 237 cm³/mol. The Morgan fingerprint density at radius 2 is 1.77 bits per heavy atom. The number of rotatable bonds is 10. The number of aliphatic imine (C=N–C) groups is 3. The van der Waals surface area contributed by atoms with E-state index in [1.54, 1.807) is 0 Å². The van der Waals surface area contributed by atoms with Gasteiger partial charge in [0.05, 0.1) is 53.5 Å². The van der Waals surface area contributed by atoms with Crippen LogP contribution in [-0.2, 0) is 20.9 Å². The Kier molecular flexibility index (Phi) is 11.9. The van der Waals surface area contributed by atoms with Gasteiger partial charge in [0.15, 0.2) is 6.23 Å². The number of halogens is 1. The van der Waals surface area contributed by atoms with Gasteiger partial charge in [-0.3, -0.25) is 4.79 Å². The van der Waals surface area contributed by atoms with E-state index in [-0.39, 0.29) is 36.5 Å². The first-order valence-electron chi connectivity index (χ1n) is 20.6. The molecule has 6 aliphatic heterocycles. The number of amides is 1. The Bertz CT molecular complexity index is 2390. The molecule has 0 radical (unpaired) electrons. The summed E-state index contributed by atoms with van der Waals surface area (Å²) in [7, 11) is 0. The molecule has 13 nitrogen and oxygen atoms in total. The van der Waals surface area contributed by atoms with Gasteiger partial charge in [-0.2, -0.15) is 0 Å². The lowest BCUT2D eigenvalue weighted by Crippen LogP contribution is -2.63. The molecular weight excluding hydrogens is 877 g/mol. The van der Waals surface area contributed by atoms with Crippen molar-refractivity contribution in [1.29, 1.82) is 0 Å². The van der Waals surface area contributed by atoms with E-state index in [4.69, 9.17) is 24.5 Å². The fourth-order valence-corrected chi connectivity index (χ4v) is 9.92. The summed E-state index contributed by atoms with van der Waals surface area (Å²) in [6, 6.07) is 8.27. The number of benzene rings is 1. The molecule has 8 rings (SSSR count). The molecule has 0 spiro atoms. The third-order valence-corrected chi connectivity index (χ3v) is 13.4.